The number of likely N-dealkylation sites (tertiary alicyclic amines) is 1. The molecule has 2 atom stereocenters. The molecule has 1 aromatic carbocycles. The molecule has 3 aliphatic rings. The zero-order valence-corrected chi connectivity index (χ0v) is 11.9. The van der Waals surface area contributed by atoms with Gasteiger partial charge in [0.15, 0.2) is 0 Å². The van der Waals surface area contributed by atoms with Crippen LogP contribution in [0.3, 0.4) is 0 Å². The van der Waals surface area contributed by atoms with Gasteiger partial charge >= 0.3 is 0 Å². The van der Waals surface area contributed by atoms with E-state index >= 15 is 0 Å². The number of amides is 2. The largest absolute Gasteiger partial charge is 0.334 e. The summed E-state index contributed by atoms with van der Waals surface area (Å²) in [5.41, 5.74) is 2.67. The van der Waals surface area contributed by atoms with Gasteiger partial charge in [0, 0.05) is 43.3 Å². The summed E-state index contributed by atoms with van der Waals surface area (Å²) in [5, 5.41) is 6.23. The van der Waals surface area contributed by atoms with Gasteiger partial charge in [-0.1, -0.05) is 0 Å². The third-order valence-corrected chi connectivity index (χ3v) is 4.95. The highest BCUT2D eigenvalue weighted by Crippen LogP contribution is 2.30. The van der Waals surface area contributed by atoms with E-state index in [2.05, 4.69) is 10.6 Å². The molecule has 110 valence electrons. The van der Waals surface area contributed by atoms with E-state index in [1.165, 1.54) is 0 Å². The first kappa shape index (κ1) is 12.8. The molecule has 1 aromatic rings. The van der Waals surface area contributed by atoms with Crippen molar-refractivity contribution in [2.24, 2.45) is 5.92 Å². The maximum Gasteiger partial charge on any atom is 0.254 e. The van der Waals surface area contributed by atoms with Gasteiger partial charge in [-0.05, 0) is 42.5 Å². The molecular formula is C16H19N3O2. The summed E-state index contributed by atoms with van der Waals surface area (Å²) < 4.78 is 0. The minimum atomic E-state index is 0.0565. The first-order valence-corrected chi connectivity index (χ1v) is 7.67. The standard InChI is InChI=1S/C16H19N3O2/c20-15-4-2-10-7-11(1-3-13(10)18-15)16(21)19-6-5-12-8-17-9-14(12)19/h1,3,7,12,14,17H,2,4-6,8-9H2,(H,18,20)/t12-,14+/m0/s1. The molecule has 0 unspecified atom stereocenters. The molecule has 0 radical (unpaired) electrons. The lowest BCUT2D eigenvalue weighted by molar-refractivity contribution is -0.116. The van der Waals surface area contributed by atoms with Crippen LogP contribution >= 0.6 is 0 Å². The zero-order valence-electron chi connectivity index (χ0n) is 11.9. The van der Waals surface area contributed by atoms with E-state index in [1.54, 1.807) is 0 Å². The van der Waals surface area contributed by atoms with E-state index in [0.717, 1.165) is 49.3 Å². The van der Waals surface area contributed by atoms with Gasteiger partial charge in [-0.15, -0.1) is 0 Å². The molecule has 3 aliphatic heterocycles. The van der Waals surface area contributed by atoms with E-state index < -0.39 is 0 Å². The molecule has 2 N–H and O–H groups in total. The van der Waals surface area contributed by atoms with Crippen molar-refractivity contribution in [1.29, 1.82) is 0 Å². The number of carbonyl (C=O) groups excluding carboxylic acids is 2. The van der Waals surface area contributed by atoms with Crippen LogP contribution in [-0.4, -0.2) is 42.4 Å². The number of nitrogens with zero attached hydrogens (tertiary/aromatic N) is 1. The Morgan fingerprint density at radius 3 is 3.05 bits per heavy atom. The number of fused-ring (bicyclic) bond motifs is 2. The van der Waals surface area contributed by atoms with Crippen LogP contribution in [0.1, 0.15) is 28.8 Å². The summed E-state index contributed by atoms with van der Waals surface area (Å²) >= 11 is 0. The number of nitrogens with one attached hydrogen (secondary N) is 2. The van der Waals surface area contributed by atoms with Crippen LogP contribution in [0.15, 0.2) is 18.2 Å². The molecule has 2 fully saturated rings. The van der Waals surface area contributed by atoms with E-state index in [4.69, 9.17) is 0 Å². The lowest BCUT2D eigenvalue weighted by Crippen LogP contribution is -2.39. The van der Waals surface area contributed by atoms with Gasteiger partial charge in [0.25, 0.3) is 5.91 Å². The van der Waals surface area contributed by atoms with Gasteiger partial charge in [-0.2, -0.15) is 0 Å². The number of rotatable bonds is 1. The first-order valence-electron chi connectivity index (χ1n) is 7.67. The van der Waals surface area contributed by atoms with Crippen LogP contribution in [0.4, 0.5) is 5.69 Å². The fraction of sp³-hybridized carbons (Fsp3) is 0.500. The van der Waals surface area contributed by atoms with E-state index in [0.29, 0.717) is 18.4 Å². The molecule has 0 bridgehead atoms. The second kappa shape index (κ2) is 4.84. The van der Waals surface area contributed by atoms with Gasteiger partial charge in [-0.25, -0.2) is 0 Å². The summed E-state index contributed by atoms with van der Waals surface area (Å²) in [6, 6.07) is 6.00. The Morgan fingerprint density at radius 1 is 1.24 bits per heavy atom. The van der Waals surface area contributed by atoms with Crippen molar-refractivity contribution in [2.45, 2.75) is 25.3 Å². The Labute approximate surface area is 123 Å². The maximum absolute atomic E-state index is 12.8. The summed E-state index contributed by atoms with van der Waals surface area (Å²) in [7, 11) is 0. The minimum Gasteiger partial charge on any atom is -0.334 e. The summed E-state index contributed by atoms with van der Waals surface area (Å²) in [6.07, 6.45) is 2.32. The second-order valence-corrected chi connectivity index (χ2v) is 6.19. The van der Waals surface area contributed by atoms with Gasteiger partial charge in [0.05, 0.1) is 0 Å². The molecule has 2 saturated heterocycles. The molecule has 3 heterocycles. The van der Waals surface area contributed by atoms with Crippen molar-refractivity contribution < 1.29 is 9.59 Å². The summed E-state index contributed by atoms with van der Waals surface area (Å²) in [4.78, 5) is 26.2. The first-order chi connectivity index (χ1) is 10.2. The molecule has 0 aromatic heterocycles. The van der Waals surface area contributed by atoms with Crippen LogP contribution < -0.4 is 10.6 Å². The molecule has 5 heteroatoms. The quantitative estimate of drug-likeness (QED) is 0.809. The lowest BCUT2D eigenvalue weighted by atomic mass is 9.99. The topological polar surface area (TPSA) is 61.4 Å². The third-order valence-electron chi connectivity index (χ3n) is 4.95. The fourth-order valence-corrected chi connectivity index (χ4v) is 3.78. The average Bonchev–Trinajstić information content (AvgIpc) is 3.08. The molecule has 0 aliphatic carbocycles. The van der Waals surface area contributed by atoms with Crippen molar-refractivity contribution in [1.82, 2.24) is 10.2 Å². The maximum atomic E-state index is 12.8. The van der Waals surface area contributed by atoms with Crippen LogP contribution in [0.5, 0.6) is 0 Å². The molecule has 21 heavy (non-hydrogen) atoms. The average molecular weight is 285 g/mol. The molecule has 2 amide bonds. The van der Waals surface area contributed by atoms with Crippen molar-refractivity contribution in [3.05, 3.63) is 29.3 Å². The smallest absolute Gasteiger partial charge is 0.254 e. The number of anilines is 1. The molecule has 4 rings (SSSR count). The molecular weight excluding hydrogens is 266 g/mol. The molecule has 0 saturated carbocycles. The number of aryl methyl sites for hydroxylation is 1. The SMILES string of the molecule is O=C1CCc2cc(C(=O)N3CC[C@H]4CNC[C@H]43)ccc2N1. The van der Waals surface area contributed by atoms with E-state index in [9.17, 15) is 9.59 Å². The monoisotopic (exact) mass is 285 g/mol. The predicted octanol–water partition coefficient (Wildman–Crippen LogP) is 1.01. The van der Waals surface area contributed by atoms with Crippen molar-refractivity contribution >= 4 is 17.5 Å². The molecule has 5 nitrogen and oxygen atoms in total. The zero-order chi connectivity index (χ0) is 14.4. The van der Waals surface area contributed by atoms with Gasteiger partial charge < -0.3 is 15.5 Å². The third kappa shape index (κ3) is 2.12. The van der Waals surface area contributed by atoms with Gasteiger partial charge in [-0.3, -0.25) is 9.59 Å². The van der Waals surface area contributed by atoms with Crippen LogP contribution in [0.2, 0.25) is 0 Å². The highest BCUT2D eigenvalue weighted by molar-refractivity contribution is 5.98. The minimum absolute atomic E-state index is 0.0565. The summed E-state index contributed by atoms with van der Waals surface area (Å²) in [5.74, 6) is 0.803. The summed E-state index contributed by atoms with van der Waals surface area (Å²) in [6.45, 7) is 2.81. The van der Waals surface area contributed by atoms with E-state index in [1.807, 2.05) is 23.1 Å². The highest BCUT2D eigenvalue weighted by atomic mass is 16.2. The molecule has 0 spiro atoms. The highest BCUT2D eigenvalue weighted by Gasteiger charge is 2.40. The van der Waals surface area contributed by atoms with Gasteiger partial charge in [0.1, 0.15) is 0 Å². The number of hydrogen-bond acceptors (Lipinski definition) is 3. The lowest BCUT2D eigenvalue weighted by Gasteiger charge is -2.24. The van der Waals surface area contributed by atoms with Gasteiger partial charge in [0.2, 0.25) is 5.91 Å². The normalized spacial score (nSPS) is 27.2. The van der Waals surface area contributed by atoms with Crippen LogP contribution in [0, 0.1) is 5.92 Å². The predicted molar refractivity (Wildman–Crippen MR) is 79.2 cm³/mol. The van der Waals surface area contributed by atoms with E-state index in [-0.39, 0.29) is 11.8 Å². The van der Waals surface area contributed by atoms with Crippen LogP contribution in [-0.2, 0) is 11.2 Å². The number of hydrogen-bond donors (Lipinski definition) is 2. The Hall–Kier alpha value is -1.88. The Morgan fingerprint density at radius 2 is 2.14 bits per heavy atom. The number of benzene rings is 1. The fourth-order valence-electron chi connectivity index (χ4n) is 3.78. The van der Waals surface area contributed by atoms with Crippen molar-refractivity contribution in [2.75, 3.05) is 25.0 Å². The van der Waals surface area contributed by atoms with Crippen molar-refractivity contribution in [3.8, 4) is 0 Å². The Bertz CT molecular complexity index is 614. The Kier molecular flexibility index (Phi) is 2.96. The Balaban J connectivity index is 1.59. The second-order valence-electron chi connectivity index (χ2n) is 6.19. The number of carbonyl (C=O) groups is 2. The van der Waals surface area contributed by atoms with Crippen LogP contribution in [0.25, 0.3) is 0 Å². The van der Waals surface area contributed by atoms with Crippen molar-refractivity contribution in [3.63, 3.8) is 0 Å².